The molecule has 0 N–H and O–H groups in total. The maximum absolute atomic E-state index is 12.4. The van der Waals surface area contributed by atoms with Crippen LogP contribution in [0.2, 0.25) is 5.02 Å². The fourth-order valence-corrected chi connectivity index (χ4v) is 2.32. The van der Waals surface area contributed by atoms with Gasteiger partial charge in [0.25, 0.3) is 5.69 Å². The van der Waals surface area contributed by atoms with Gasteiger partial charge < -0.3 is 18.9 Å². The van der Waals surface area contributed by atoms with Gasteiger partial charge in [-0.2, -0.15) is 0 Å². The Morgan fingerprint density at radius 2 is 1.52 bits per heavy atom. The van der Waals surface area contributed by atoms with Crippen molar-refractivity contribution in [3.8, 4) is 5.75 Å². The van der Waals surface area contributed by atoms with Gasteiger partial charge in [0.2, 0.25) is 0 Å². The van der Waals surface area contributed by atoms with Crippen LogP contribution >= 0.6 is 11.6 Å². The van der Waals surface area contributed by atoms with Crippen molar-refractivity contribution < 1.29 is 33.5 Å². The first-order valence-electron chi connectivity index (χ1n) is 9.57. The second-order valence-corrected chi connectivity index (χ2v) is 8.91. The number of amides is 2. The molecular weight excluding hydrogens is 432 g/mol. The fraction of sp³-hybridized carbons (Fsp3) is 0.600. The lowest BCUT2D eigenvalue weighted by Crippen LogP contribution is -2.45. The standard InChI is InChI=1S/C20H29ClN2O8/c1-19(2,3)30-17(24)22(18(25)31-20(4,5)6)7-8-28-9-10-29-16-12-14(21)11-15(13-16)23(26)27/h11-13H,7-10H2,1-6H3. The van der Waals surface area contributed by atoms with Crippen LogP contribution in [0.3, 0.4) is 0 Å². The maximum atomic E-state index is 12.4. The largest absolute Gasteiger partial charge is 0.491 e. The number of benzene rings is 1. The lowest BCUT2D eigenvalue weighted by Gasteiger charge is -2.28. The predicted octanol–water partition coefficient (Wildman–Crippen LogP) is 4.82. The van der Waals surface area contributed by atoms with Crippen molar-refractivity contribution in [3.63, 3.8) is 0 Å². The van der Waals surface area contributed by atoms with E-state index in [-0.39, 0.29) is 42.8 Å². The van der Waals surface area contributed by atoms with E-state index in [0.29, 0.717) is 0 Å². The summed E-state index contributed by atoms with van der Waals surface area (Å²) in [7, 11) is 0. The molecule has 0 fully saturated rings. The Labute approximate surface area is 186 Å². The van der Waals surface area contributed by atoms with Crippen LogP contribution in [0.15, 0.2) is 18.2 Å². The molecule has 174 valence electrons. The molecule has 0 saturated heterocycles. The zero-order valence-corrected chi connectivity index (χ0v) is 19.4. The first kappa shape index (κ1) is 26.4. The van der Waals surface area contributed by atoms with E-state index in [1.165, 1.54) is 18.2 Å². The van der Waals surface area contributed by atoms with Crippen LogP contribution in [0.4, 0.5) is 15.3 Å². The molecule has 0 bridgehead atoms. The first-order chi connectivity index (χ1) is 14.2. The minimum Gasteiger partial charge on any atom is -0.491 e. The van der Waals surface area contributed by atoms with Crippen molar-refractivity contribution in [2.24, 2.45) is 0 Å². The summed E-state index contributed by atoms with van der Waals surface area (Å²) in [5.41, 5.74) is -1.76. The molecule has 0 heterocycles. The van der Waals surface area contributed by atoms with Gasteiger partial charge in [-0.05, 0) is 47.6 Å². The summed E-state index contributed by atoms with van der Waals surface area (Å²) < 4.78 is 21.3. The van der Waals surface area contributed by atoms with Crippen LogP contribution in [0.1, 0.15) is 41.5 Å². The van der Waals surface area contributed by atoms with Gasteiger partial charge >= 0.3 is 12.2 Å². The van der Waals surface area contributed by atoms with Crippen molar-refractivity contribution in [2.75, 3.05) is 26.4 Å². The molecule has 1 rings (SSSR count). The maximum Gasteiger partial charge on any atom is 0.419 e. The molecule has 0 unspecified atom stereocenters. The Bertz CT molecular complexity index is 758. The number of hydrogen-bond donors (Lipinski definition) is 0. The highest BCUT2D eigenvalue weighted by atomic mass is 35.5. The molecule has 0 spiro atoms. The molecule has 0 radical (unpaired) electrons. The van der Waals surface area contributed by atoms with E-state index in [0.717, 1.165) is 4.90 Å². The van der Waals surface area contributed by atoms with E-state index in [1.807, 2.05) is 0 Å². The summed E-state index contributed by atoms with van der Waals surface area (Å²) in [5, 5.41) is 11.0. The minimum absolute atomic E-state index is 0.0114. The van der Waals surface area contributed by atoms with Gasteiger partial charge in [0.1, 0.15) is 23.6 Å². The van der Waals surface area contributed by atoms with E-state index in [9.17, 15) is 19.7 Å². The zero-order valence-electron chi connectivity index (χ0n) is 18.6. The molecule has 0 atom stereocenters. The van der Waals surface area contributed by atoms with E-state index in [2.05, 4.69) is 0 Å². The van der Waals surface area contributed by atoms with E-state index < -0.39 is 28.3 Å². The molecule has 0 aliphatic heterocycles. The van der Waals surface area contributed by atoms with Gasteiger partial charge in [-0.1, -0.05) is 11.6 Å². The number of hydrogen-bond acceptors (Lipinski definition) is 8. The highest BCUT2D eigenvalue weighted by molar-refractivity contribution is 6.30. The second kappa shape index (κ2) is 11.1. The van der Waals surface area contributed by atoms with Crippen LogP contribution in [-0.4, -0.2) is 59.6 Å². The smallest absolute Gasteiger partial charge is 0.419 e. The number of nitro groups is 1. The lowest BCUT2D eigenvalue weighted by atomic mass is 10.2. The molecule has 2 amide bonds. The van der Waals surface area contributed by atoms with Gasteiger partial charge in [0.15, 0.2) is 0 Å². The lowest BCUT2D eigenvalue weighted by molar-refractivity contribution is -0.384. The Balaban J connectivity index is 2.57. The van der Waals surface area contributed by atoms with Crippen molar-refractivity contribution in [1.29, 1.82) is 0 Å². The Kier molecular flexibility index (Phi) is 9.51. The van der Waals surface area contributed by atoms with Crippen LogP contribution in [-0.2, 0) is 14.2 Å². The Morgan fingerprint density at radius 3 is 2.00 bits per heavy atom. The number of imide groups is 1. The highest BCUT2D eigenvalue weighted by Crippen LogP contribution is 2.25. The number of non-ortho nitro benzene ring substituents is 1. The topological polar surface area (TPSA) is 117 Å². The molecule has 0 aliphatic carbocycles. The fourth-order valence-electron chi connectivity index (χ4n) is 2.10. The number of nitrogens with zero attached hydrogens (tertiary/aromatic N) is 2. The summed E-state index contributed by atoms with van der Waals surface area (Å²) in [6, 6.07) is 3.91. The number of ether oxygens (including phenoxy) is 4. The SMILES string of the molecule is CC(C)(C)OC(=O)N(CCOCCOc1cc(Cl)cc([N+](=O)[O-])c1)C(=O)OC(C)(C)C. The molecule has 1 aromatic carbocycles. The van der Waals surface area contributed by atoms with Gasteiger partial charge in [0, 0.05) is 6.07 Å². The van der Waals surface area contributed by atoms with Crippen molar-refractivity contribution in [1.82, 2.24) is 4.90 Å². The van der Waals surface area contributed by atoms with Gasteiger partial charge in [0.05, 0.1) is 35.8 Å². The minimum atomic E-state index is -0.840. The zero-order chi connectivity index (χ0) is 23.8. The van der Waals surface area contributed by atoms with Crippen LogP contribution in [0.5, 0.6) is 5.75 Å². The molecular formula is C20H29ClN2O8. The number of nitro benzene ring substituents is 1. The third-order valence-corrected chi connectivity index (χ3v) is 3.47. The van der Waals surface area contributed by atoms with Gasteiger partial charge in [-0.15, -0.1) is 0 Å². The Morgan fingerprint density at radius 1 is 0.968 bits per heavy atom. The summed E-state index contributed by atoms with van der Waals surface area (Å²) in [6.45, 7) is 10.2. The second-order valence-electron chi connectivity index (χ2n) is 8.48. The molecule has 10 nitrogen and oxygen atoms in total. The van der Waals surface area contributed by atoms with Crippen molar-refractivity contribution in [2.45, 2.75) is 52.7 Å². The summed E-state index contributed by atoms with van der Waals surface area (Å²) >= 11 is 5.83. The van der Waals surface area contributed by atoms with Crippen LogP contribution in [0, 0.1) is 10.1 Å². The summed E-state index contributed by atoms with van der Waals surface area (Å²) in [4.78, 5) is 35.8. The van der Waals surface area contributed by atoms with Crippen molar-refractivity contribution in [3.05, 3.63) is 33.3 Å². The molecule has 31 heavy (non-hydrogen) atoms. The number of rotatable bonds is 8. The quantitative estimate of drug-likeness (QED) is 0.308. The van der Waals surface area contributed by atoms with E-state index in [4.69, 9.17) is 30.5 Å². The number of carbonyl (C=O) groups is 2. The molecule has 0 saturated carbocycles. The summed E-state index contributed by atoms with van der Waals surface area (Å²) in [6.07, 6.45) is -1.68. The van der Waals surface area contributed by atoms with Gasteiger partial charge in [-0.25, -0.2) is 14.5 Å². The average Bonchev–Trinajstić information content (AvgIpc) is 2.57. The van der Waals surface area contributed by atoms with Crippen LogP contribution < -0.4 is 4.74 Å². The van der Waals surface area contributed by atoms with Crippen LogP contribution in [0.25, 0.3) is 0 Å². The van der Waals surface area contributed by atoms with E-state index >= 15 is 0 Å². The molecule has 0 aliphatic rings. The molecule has 11 heteroatoms. The Hall–Kier alpha value is -2.59. The highest BCUT2D eigenvalue weighted by Gasteiger charge is 2.30. The molecule has 0 aromatic heterocycles. The van der Waals surface area contributed by atoms with Crippen molar-refractivity contribution >= 4 is 29.5 Å². The first-order valence-corrected chi connectivity index (χ1v) is 9.95. The molecule has 1 aromatic rings. The normalized spacial score (nSPS) is 11.6. The monoisotopic (exact) mass is 460 g/mol. The number of carbonyl (C=O) groups excluding carboxylic acids is 2. The number of halogens is 1. The third kappa shape index (κ3) is 10.8. The summed E-state index contributed by atoms with van der Waals surface area (Å²) in [5.74, 6) is 0.229. The predicted molar refractivity (Wildman–Crippen MR) is 114 cm³/mol. The third-order valence-electron chi connectivity index (χ3n) is 3.25. The average molecular weight is 461 g/mol. The van der Waals surface area contributed by atoms with E-state index in [1.54, 1.807) is 41.5 Å². The van der Waals surface area contributed by atoms with Gasteiger partial charge in [-0.3, -0.25) is 10.1 Å².